The number of carbonyl (C=O) groups excluding carboxylic acids is 1. The molecule has 1 heterocycles. The van der Waals surface area contributed by atoms with Crippen molar-refractivity contribution in [2.75, 3.05) is 7.05 Å². The summed E-state index contributed by atoms with van der Waals surface area (Å²) in [6, 6.07) is 1.91. The quantitative estimate of drug-likeness (QED) is 0.493. The number of non-ortho nitro benzene ring substituents is 1. The number of nitrogens with one attached hydrogen (secondary N) is 1. The Balaban J connectivity index is 2.81. The van der Waals surface area contributed by atoms with Gasteiger partial charge in [-0.05, 0) is 12.1 Å². The molecule has 0 spiro atoms. The van der Waals surface area contributed by atoms with Crippen LogP contribution in [-0.2, 0) is 4.79 Å². The van der Waals surface area contributed by atoms with Gasteiger partial charge in [0.25, 0.3) is 11.6 Å². The molecule has 1 aromatic carbocycles. The molecule has 0 atom stereocenters. The van der Waals surface area contributed by atoms with Gasteiger partial charge in [-0.2, -0.15) is 26.3 Å². The molecule has 12 heteroatoms. The minimum absolute atomic E-state index is 0.419. The summed E-state index contributed by atoms with van der Waals surface area (Å²) in [5.74, 6) is -2.25. The largest absolute Gasteiger partial charge is 0.464 e. The maximum Gasteiger partial charge on any atom is 0.441 e. The Kier molecular flexibility index (Phi) is 4.18. The lowest BCUT2D eigenvalue weighted by Gasteiger charge is -2.38. The Labute approximate surface area is 135 Å². The lowest BCUT2D eigenvalue weighted by molar-refractivity contribution is -0.384. The number of nitro benzene ring substituents is 1. The van der Waals surface area contributed by atoms with Gasteiger partial charge >= 0.3 is 18.0 Å². The highest BCUT2D eigenvalue weighted by atomic mass is 19.4. The first-order valence-corrected chi connectivity index (χ1v) is 6.40. The minimum atomic E-state index is -5.94. The zero-order valence-electron chi connectivity index (χ0n) is 12.2. The summed E-state index contributed by atoms with van der Waals surface area (Å²) in [5.41, 5.74) is -6.99. The van der Waals surface area contributed by atoms with Crippen LogP contribution in [0.5, 0.6) is 5.75 Å². The molecule has 25 heavy (non-hydrogen) atoms. The minimum Gasteiger partial charge on any atom is -0.464 e. The fraction of sp³-hybridized carbons (Fsp3) is 0.308. The number of likely N-dealkylation sites (N-methyl/N-ethyl adjacent to an activating group) is 1. The Hall–Kier alpha value is -2.79. The van der Waals surface area contributed by atoms with Crippen LogP contribution in [0.25, 0.3) is 5.57 Å². The number of alkyl halides is 6. The molecule has 136 valence electrons. The molecular formula is C13H8F6N2O4. The summed E-state index contributed by atoms with van der Waals surface area (Å²) >= 11 is 0. The monoisotopic (exact) mass is 370 g/mol. The molecule has 1 aliphatic heterocycles. The number of halogens is 6. The molecule has 0 aliphatic carbocycles. The van der Waals surface area contributed by atoms with E-state index in [0.717, 1.165) is 7.05 Å². The Morgan fingerprint density at radius 2 is 1.76 bits per heavy atom. The smallest absolute Gasteiger partial charge is 0.441 e. The summed E-state index contributed by atoms with van der Waals surface area (Å²) < 4.78 is 83.4. The van der Waals surface area contributed by atoms with Gasteiger partial charge in [0.2, 0.25) is 0 Å². The molecule has 0 saturated heterocycles. The van der Waals surface area contributed by atoms with Crippen molar-refractivity contribution in [2.24, 2.45) is 0 Å². The van der Waals surface area contributed by atoms with Gasteiger partial charge in [0, 0.05) is 24.7 Å². The third-order valence-corrected chi connectivity index (χ3v) is 3.40. The van der Waals surface area contributed by atoms with E-state index in [1.165, 1.54) is 0 Å². The first-order valence-electron chi connectivity index (χ1n) is 6.40. The number of hydrogen-bond acceptors (Lipinski definition) is 4. The third-order valence-electron chi connectivity index (χ3n) is 3.40. The van der Waals surface area contributed by atoms with Crippen molar-refractivity contribution >= 4 is 17.2 Å². The predicted molar refractivity (Wildman–Crippen MR) is 70.6 cm³/mol. The summed E-state index contributed by atoms with van der Waals surface area (Å²) in [7, 11) is 0.985. The van der Waals surface area contributed by atoms with Crippen molar-refractivity contribution in [1.29, 1.82) is 0 Å². The van der Waals surface area contributed by atoms with Crippen LogP contribution in [0.15, 0.2) is 24.3 Å². The van der Waals surface area contributed by atoms with Gasteiger partial charge in [-0.3, -0.25) is 14.9 Å². The summed E-state index contributed by atoms with van der Waals surface area (Å²) in [6.07, 6.45) is -12.3. The van der Waals surface area contributed by atoms with E-state index in [4.69, 9.17) is 0 Å². The van der Waals surface area contributed by atoms with Crippen molar-refractivity contribution in [1.82, 2.24) is 5.32 Å². The van der Waals surface area contributed by atoms with Crippen molar-refractivity contribution in [3.63, 3.8) is 0 Å². The molecule has 6 nitrogen and oxygen atoms in total. The Morgan fingerprint density at radius 3 is 2.20 bits per heavy atom. The first kappa shape index (κ1) is 18.5. The Bertz CT molecular complexity index is 755. The molecule has 1 aromatic rings. The fourth-order valence-corrected chi connectivity index (χ4v) is 2.18. The molecule has 1 amide bonds. The highest BCUT2D eigenvalue weighted by Crippen LogP contribution is 2.52. The van der Waals surface area contributed by atoms with E-state index in [1.54, 1.807) is 0 Å². The van der Waals surface area contributed by atoms with Gasteiger partial charge in [-0.25, -0.2) is 0 Å². The highest BCUT2D eigenvalue weighted by molar-refractivity contribution is 6.21. The third kappa shape index (κ3) is 2.87. The Morgan fingerprint density at radius 1 is 1.20 bits per heavy atom. The number of fused-ring (bicyclic) bond motifs is 1. The second kappa shape index (κ2) is 5.63. The van der Waals surface area contributed by atoms with E-state index >= 15 is 0 Å². The van der Waals surface area contributed by atoms with Crippen LogP contribution >= 0.6 is 0 Å². The number of amides is 1. The molecule has 0 radical (unpaired) electrons. The molecule has 2 rings (SSSR count). The van der Waals surface area contributed by atoms with Crippen molar-refractivity contribution < 1.29 is 40.8 Å². The summed E-state index contributed by atoms with van der Waals surface area (Å²) in [5, 5.41) is 12.7. The van der Waals surface area contributed by atoms with Crippen LogP contribution in [0.1, 0.15) is 5.56 Å². The molecule has 0 aromatic heterocycles. The average Bonchev–Trinajstić information content (AvgIpc) is 2.50. The molecular weight excluding hydrogens is 362 g/mol. The second-order valence-corrected chi connectivity index (χ2v) is 4.91. The van der Waals surface area contributed by atoms with E-state index in [1.807, 2.05) is 5.32 Å². The van der Waals surface area contributed by atoms with Crippen LogP contribution < -0.4 is 10.1 Å². The van der Waals surface area contributed by atoms with Crippen LogP contribution in [-0.4, -0.2) is 35.8 Å². The van der Waals surface area contributed by atoms with E-state index in [0.29, 0.717) is 18.2 Å². The number of nitro groups is 1. The normalized spacial score (nSPS) is 16.4. The maximum absolute atomic E-state index is 13.2. The van der Waals surface area contributed by atoms with Crippen molar-refractivity contribution in [3.8, 4) is 5.75 Å². The van der Waals surface area contributed by atoms with Crippen LogP contribution in [0.2, 0.25) is 0 Å². The van der Waals surface area contributed by atoms with Crippen molar-refractivity contribution in [3.05, 3.63) is 40.0 Å². The lowest BCUT2D eigenvalue weighted by Crippen LogP contribution is -2.61. The molecule has 0 unspecified atom stereocenters. The highest BCUT2D eigenvalue weighted by Gasteiger charge is 2.73. The number of rotatable bonds is 2. The van der Waals surface area contributed by atoms with Gasteiger partial charge in [0.15, 0.2) is 0 Å². The number of nitrogens with zero attached hydrogens (tertiary/aromatic N) is 1. The van der Waals surface area contributed by atoms with Crippen molar-refractivity contribution in [2.45, 2.75) is 18.0 Å². The molecule has 1 N–H and O–H groups in total. The zero-order valence-corrected chi connectivity index (χ0v) is 12.2. The SMILES string of the molecule is CNC(=O)C1=CC(C(F)(F)F)(C(F)(F)F)Oc2ccc([N+](=O)[O-])cc21. The topological polar surface area (TPSA) is 81.5 Å². The molecule has 0 fully saturated rings. The lowest BCUT2D eigenvalue weighted by atomic mass is 9.90. The fourth-order valence-electron chi connectivity index (χ4n) is 2.18. The van der Waals surface area contributed by atoms with Gasteiger partial charge in [0.1, 0.15) is 5.75 Å². The number of benzene rings is 1. The van der Waals surface area contributed by atoms with Crippen LogP contribution in [0.3, 0.4) is 0 Å². The van der Waals surface area contributed by atoms with E-state index in [2.05, 4.69) is 4.74 Å². The second-order valence-electron chi connectivity index (χ2n) is 4.91. The maximum atomic E-state index is 13.2. The van der Waals surface area contributed by atoms with Gasteiger partial charge < -0.3 is 10.1 Å². The summed E-state index contributed by atoms with van der Waals surface area (Å²) in [6.45, 7) is 0. The van der Waals surface area contributed by atoms with Gasteiger partial charge in [-0.1, -0.05) is 0 Å². The average molecular weight is 370 g/mol. The number of ether oxygens (including phenoxy) is 1. The number of hydrogen-bond donors (Lipinski definition) is 1. The standard InChI is InChI=1S/C13H8F6N2O4/c1-20-10(22)8-5-11(12(14,15)16,13(17,18)19)25-9-3-2-6(21(23)24)4-7(8)9/h2-5H,1H3,(H,20,22). The van der Waals surface area contributed by atoms with E-state index in [-0.39, 0.29) is 0 Å². The van der Waals surface area contributed by atoms with Gasteiger partial charge in [0.05, 0.1) is 10.5 Å². The van der Waals surface area contributed by atoms with E-state index in [9.17, 15) is 41.3 Å². The van der Waals surface area contributed by atoms with Crippen LogP contribution in [0, 0.1) is 10.1 Å². The van der Waals surface area contributed by atoms with E-state index < -0.39 is 57.4 Å². The first-order chi connectivity index (χ1) is 11.3. The van der Waals surface area contributed by atoms with Crippen LogP contribution in [0.4, 0.5) is 32.0 Å². The summed E-state index contributed by atoms with van der Waals surface area (Å²) in [4.78, 5) is 21.7. The van der Waals surface area contributed by atoms with Gasteiger partial charge in [-0.15, -0.1) is 0 Å². The molecule has 1 aliphatic rings. The zero-order chi connectivity index (χ0) is 19.2. The molecule has 0 saturated carbocycles. The number of carbonyl (C=O) groups is 1. The molecule has 0 bridgehead atoms. The predicted octanol–water partition coefficient (Wildman–Crippen LogP) is 2.98.